The average molecular weight is 211 g/mol. The predicted molar refractivity (Wildman–Crippen MR) is 65.0 cm³/mol. The lowest BCUT2D eigenvalue weighted by Crippen LogP contribution is -2.34. The van der Waals surface area contributed by atoms with Crippen molar-refractivity contribution in [2.75, 3.05) is 13.2 Å². The number of ether oxygens (including phenoxy) is 1. The highest BCUT2D eigenvalue weighted by Crippen LogP contribution is 2.19. The molecule has 1 atom stereocenters. The molecule has 1 fully saturated rings. The van der Waals surface area contributed by atoms with Crippen LogP contribution in [-0.2, 0) is 4.74 Å². The minimum Gasteiger partial charge on any atom is -0.377 e. The van der Waals surface area contributed by atoms with Gasteiger partial charge in [0.2, 0.25) is 0 Å². The fourth-order valence-corrected chi connectivity index (χ4v) is 1.52. The van der Waals surface area contributed by atoms with E-state index in [2.05, 4.69) is 25.7 Å². The standard InChI is InChI=1S/C13H25NO/c1-4-5-6-9-15-13(11(2)3)10-14-12-7-8-12/h4,11-14H,1,5-10H2,2-3H3. The maximum Gasteiger partial charge on any atom is 0.0722 e. The van der Waals surface area contributed by atoms with E-state index in [4.69, 9.17) is 4.74 Å². The third-order valence-corrected chi connectivity index (χ3v) is 2.81. The molecule has 2 heteroatoms. The third-order valence-electron chi connectivity index (χ3n) is 2.81. The molecule has 0 aromatic heterocycles. The summed E-state index contributed by atoms with van der Waals surface area (Å²) in [7, 11) is 0. The zero-order chi connectivity index (χ0) is 11.1. The van der Waals surface area contributed by atoms with E-state index in [0.29, 0.717) is 12.0 Å². The van der Waals surface area contributed by atoms with Crippen molar-refractivity contribution in [3.8, 4) is 0 Å². The minimum atomic E-state index is 0.371. The van der Waals surface area contributed by atoms with Crippen molar-refractivity contribution in [2.45, 2.75) is 51.7 Å². The van der Waals surface area contributed by atoms with Crippen molar-refractivity contribution in [3.63, 3.8) is 0 Å². The van der Waals surface area contributed by atoms with Crippen LogP contribution in [0.1, 0.15) is 39.5 Å². The first-order valence-electron chi connectivity index (χ1n) is 6.20. The highest BCUT2D eigenvalue weighted by Gasteiger charge is 2.23. The Morgan fingerprint density at radius 3 is 2.73 bits per heavy atom. The summed E-state index contributed by atoms with van der Waals surface area (Å²) >= 11 is 0. The molecule has 0 bridgehead atoms. The highest BCUT2D eigenvalue weighted by molar-refractivity contribution is 4.82. The van der Waals surface area contributed by atoms with Gasteiger partial charge in [-0.2, -0.15) is 0 Å². The summed E-state index contributed by atoms with van der Waals surface area (Å²) in [6.07, 6.45) is 7.17. The van der Waals surface area contributed by atoms with E-state index in [9.17, 15) is 0 Å². The monoisotopic (exact) mass is 211 g/mol. The van der Waals surface area contributed by atoms with E-state index in [1.54, 1.807) is 0 Å². The molecule has 1 saturated carbocycles. The Morgan fingerprint density at radius 2 is 2.20 bits per heavy atom. The van der Waals surface area contributed by atoms with E-state index < -0.39 is 0 Å². The molecule has 0 amide bonds. The second-order valence-corrected chi connectivity index (χ2v) is 4.77. The molecule has 0 heterocycles. The van der Waals surface area contributed by atoms with Gasteiger partial charge in [-0.3, -0.25) is 0 Å². The largest absolute Gasteiger partial charge is 0.377 e. The zero-order valence-electron chi connectivity index (χ0n) is 10.2. The van der Waals surface area contributed by atoms with Gasteiger partial charge in [-0.1, -0.05) is 19.9 Å². The molecule has 0 spiro atoms. The molecule has 0 aliphatic heterocycles. The summed E-state index contributed by atoms with van der Waals surface area (Å²) in [5.41, 5.74) is 0. The van der Waals surface area contributed by atoms with Crippen LogP contribution in [-0.4, -0.2) is 25.3 Å². The molecule has 1 N–H and O–H groups in total. The summed E-state index contributed by atoms with van der Waals surface area (Å²) in [6, 6.07) is 0.781. The summed E-state index contributed by atoms with van der Waals surface area (Å²) in [5, 5.41) is 3.53. The van der Waals surface area contributed by atoms with Crippen molar-refractivity contribution in [2.24, 2.45) is 5.92 Å². The van der Waals surface area contributed by atoms with Crippen LogP contribution in [0.3, 0.4) is 0 Å². The number of unbranched alkanes of at least 4 members (excludes halogenated alkanes) is 1. The molecule has 88 valence electrons. The molecule has 1 aliphatic rings. The molecule has 15 heavy (non-hydrogen) atoms. The Labute approximate surface area is 94.1 Å². The highest BCUT2D eigenvalue weighted by atomic mass is 16.5. The van der Waals surface area contributed by atoms with Crippen LogP contribution in [0.4, 0.5) is 0 Å². The third kappa shape index (κ3) is 5.95. The number of hydrogen-bond acceptors (Lipinski definition) is 2. The van der Waals surface area contributed by atoms with Gasteiger partial charge < -0.3 is 10.1 Å². The molecule has 0 saturated heterocycles. The molecule has 0 radical (unpaired) electrons. The van der Waals surface area contributed by atoms with Crippen molar-refractivity contribution >= 4 is 0 Å². The fourth-order valence-electron chi connectivity index (χ4n) is 1.52. The molecule has 0 aromatic carbocycles. The van der Waals surface area contributed by atoms with E-state index in [1.807, 2.05) is 6.08 Å². The second kappa shape index (κ2) is 7.02. The van der Waals surface area contributed by atoms with Crippen LogP contribution < -0.4 is 5.32 Å². The van der Waals surface area contributed by atoms with Gasteiger partial charge >= 0.3 is 0 Å². The Kier molecular flexibility index (Phi) is 5.96. The topological polar surface area (TPSA) is 21.3 Å². The lowest BCUT2D eigenvalue weighted by molar-refractivity contribution is 0.0218. The normalized spacial score (nSPS) is 18.1. The van der Waals surface area contributed by atoms with E-state index in [1.165, 1.54) is 12.8 Å². The molecule has 2 nitrogen and oxygen atoms in total. The Morgan fingerprint density at radius 1 is 1.47 bits per heavy atom. The van der Waals surface area contributed by atoms with Crippen molar-refractivity contribution in [3.05, 3.63) is 12.7 Å². The van der Waals surface area contributed by atoms with E-state index in [0.717, 1.165) is 32.0 Å². The molecule has 0 aromatic rings. The van der Waals surface area contributed by atoms with Crippen LogP contribution in [0.15, 0.2) is 12.7 Å². The smallest absolute Gasteiger partial charge is 0.0722 e. The van der Waals surface area contributed by atoms with Gasteiger partial charge in [-0.25, -0.2) is 0 Å². The summed E-state index contributed by atoms with van der Waals surface area (Å²) in [5.74, 6) is 0.597. The maximum atomic E-state index is 5.87. The lowest BCUT2D eigenvalue weighted by atomic mass is 10.1. The quantitative estimate of drug-likeness (QED) is 0.468. The first-order chi connectivity index (χ1) is 7.24. The van der Waals surface area contributed by atoms with E-state index >= 15 is 0 Å². The summed E-state index contributed by atoms with van der Waals surface area (Å²) < 4.78 is 5.87. The first-order valence-corrected chi connectivity index (χ1v) is 6.20. The molecular weight excluding hydrogens is 186 g/mol. The first kappa shape index (κ1) is 12.7. The Bertz CT molecular complexity index is 175. The van der Waals surface area contributed by atoms with Gasteiger partial charge in [0.25, 0.3) is 0 Å². The second-order valence-electron chi connectivity index (χ2n) is 4.77. The van der Waals surface area contributed by atoms with Gasteiger partial charge in [-0.05, 0) is 31.6 Å². The molecule has 1 rings (SSSR count). The van der Waals surface area contributed by atoms with Gasteiger partial charge in [0.05, 0.1) is 6.10 Å². The number of rotatable bonds is 9. The average Bonchev–Trinajstić information content (AvgIpc) is 3.00. The molecule has 1 unspecified atom stereocenters. The van der Waals surface area contributed by atoms with Crippen LogP contribution >= 0.6 is 0 Å². The van der Waals surface area contributed by atoms with Gasteiger partial charge in [0, 0.05) is 19.2 Å². The van der Waals surface area contributed by atoms with Crippen molar-refractivity contribution < 1.29 is 4.74 Å². The number of allylic oxidation sites excluding steroid dienone is 1. The maximum absolute atomic E-state index is 5.87. The molecule has 1 aliphatic carbocycles. The van der Waals surface area contributed by atoms with Gasteiger partial charge in [-0.15, -0.1) is 6.58 Å². The SMILES string of the molecule is C=CCCCOC(CNC1CC1)C(C)C. The van der Waals surface area contributed by atoms with Crippen molar-refractivity contribution in [1.29, 1.82) is 0 Å². The Balaban J connectivity index is 2.08. The van der Waals surface area contributed by atoms with Crippen LogP contribution in [0.2, 0.25) is 0 Å². The Hall–Kier alpha value is -0.340. The van der Waals surface area contributed by atoms with Crippen LogP contribution in [0, 0.1) is 5.92 Å². The summed E-state index contributed by atoms with van der Waals surface area (Å²) in [4.78, 5) is 0. The van der Waals surface area contributed by atoms with Gasteiger partial charge in [0.1, 0.15) is 0 Å². The minimum absolute atomic E-state index is 0.371. The fraction of sp³-hybridized carbons (Fsp3) is 0.846. The zero-order valence-corrected chi connectivity index (χ0v) is 10.2. The number of hydrogen-bond donors (Lipinski definition) is 1. The predicted octanol–water partition coefficient (Wildman–Crippen LogP) is 2.75. The van der Waals surface area contributed by atoms with Crippen molar-refractivity contribution in [1.82, 2.24) is 5.32 Å². The lowest BCUT2D eigenvalue weighted by Gasteiger charge is -2.22. The van der Waals surface area contributed by atoms with Crippen LogP contribution in [0.5, 0.6) is 0 Å². The van der Waals surface area contributed by atoms with Gasteiger partial charge in [0.15, 0.2) is 0 Å². The summed E-state index contributed by atoms with van der Waals surface area (Å²) in [6.45, 7) is 10.0. The van der Waals surface area contributed by atoms with Crippen LogP contribution in [0.25, 0.3) is 0 Å². The number of nitrogens with one attached hydrogen (secondary N) is 1. The molecular formula is C13H25NO. The van der Waals surface area contributed by atoms with E-state index in [-0.39, 0.29) is 0 Å².